The van der Waals surface area contributed by atoms with Gasteiger partial charge in [-0.3, -0.25) is 4.79 Å². The Kier molecular flexibility index (Phi) is 7.05. The second-order valence-electron chi connectivity index (χ2n) is 5.49. The largest absolute Gasteiger partial charge is 0.467 e. The van der Waals surface area contributed by atoms with Crippen molar-refractivity contribution in [1.29, 1.82) is 0 Å². The van der Waals surface area contributed by atoms with Gasteiger partial charge in [0.2, 0.25) is 0 Å². The number of amides is 1. The highest BCUT2D eigenvalue weighted by Crippen LogP contribution is 2.36. The van der Waals surface area contributed by atoms with Crippen LogP contribution >= 0.6 is 0 Å². The summed E-state index contributed by atoms with van der Waals surface area (Å²) in [5.74, 6) is -2.07. The number of hydrogen-bond acceptors (Lipinski definition) is 3. The Morgan fingerprint density at radius 1 is 1.04 bits per heavy atom. The Labute approximate surface area is 145 Å². The van der Waals surface area contributed by atoms with Crippen LogP contribution < -0.4 is 5.32 Å². The third-order valence-corrected chi connectivity index (χ3v) is 3.49. The number of methoxy groups -OCH3 is 1. The normalized spacial score (nSPS) is 13.2. The number of hydrogen-bond donors (Lipinski definition) is 1. The van der Waals surface area contributed by atoms with E-state index in [4.69, 9.17) is 0 Å². The first-order valence-corrected chi connectivity index (χ1v) is 7.58. The molecule has 1 aromatic carbocycles. The Morgan fingerprint density at radius 2 is 1.54 bits per heavy atom. The van der Waals surface area contributed by atoms with Crippen LogP contribution in [0.3, 0.4) is 0 Å². The first-order chi connectivity index (χ1) is 11.9. The molecule has 0 bridgehead atoms. The molecule has 0 saturated heterocycles. The van der Waals surface area contributed by atoms with Crippen LogP contribution in [0.4, 0.5) is 26.3 Å². The molecule has 1 aromatic rings. The molecule has 1 rings (SSSR count). The highest BCUT2D eigenvalue weighted by Gasteiger charge is 2.37. The standard InChI is InChI=1S/C16H17F6NO3/c1-3-4-5-12(14(25)26-2)23-13(24)9-6-10(15(17,18)19)8-11(7-9)16(20,21)22/h6-8,12H,3-5H2,1-2H3,(H,23,24)/t12-/m0/s1. The van der Waals surface area contributed by atoms with E-state index in [9.17, 15) is 35.9 Å². The fraction of sp³-hybridized carbons (Fsp3) is 0.500. The van der Waals surface area contributed by atoms with Crippen molar-refractivity contribution < 1.29 is 40.7 Å². The molecule has 0 aliphatic carbocycles. The van der Waals surface area contributed by atoms with Gasteiger partial charge in [0.15, 0.2) is 0 Å². The van der Waals surface area contributed by atoms with Crippen molar-refractivity contribution in [2.24, 2.45) is 0 Å². The molecular weight excluding hydrogens is 368 g/mol. The van der Waals surface area contributed by atoms with Gasteiger partial charge in [-0.25, -0.2) is 4.79 Å². The topological polar surface area (TPSA) is 55.4 Å². The zero-order valence-electron chi connectivity index (χ0n) is 13.9. The van der Waals surface area contributed by atoms with Gasteiger partial charge in [-0.2, -0.15) is 26.3 Å². The van der Waals surface area contributed by atoms with E-state index < -0.39 is 47.0 Å². The lowest BCUT2D eigenvalue weighted by Crippen LogP contribution is -2.41. The average molecular weight is 385 g/mol. The first kappa shape index (κ1) is 21.8. The number of esters is 1. The maximum Gasteiger partial charge on any atom is 0.416 e. The molecule has 0 heterocycles. The van der Waals surface area contributed by atoms with Gasteiger partial charge in [0.25, 0.3) is 5.91 Å². The lowest BCUT2D eigenvalue weighted by molar-refractivity contribution is -0.144. The van der Waals surface area contributed by atoms with E-state index in [0.29, 0.717) is 25.0 Å². The summed E-state index contributed by atoms with van der Waals surface area (Å²) in [5.41, 5.74) is -4.07. The lowest BCUT2D eigenvalue weighted by atomic mass is 10.0. The van der Waals surface area contributed by atoms with E-state index in [2.05, 4.69) is 10.1 Å². The third-order valence-electron chi connectivity index (χ3n) is 3.49. The molecule has 4 nitrogen and oxygen atoms in total. The van der Waals surface area contributed by atoms with Gasteiger partial charge < -0.3 is 10.1 Å². The number of carbonyl (C=O) groups is 2. The number of nitrogens with one attached hydrogen (secondary N) is 1. The summed E-state index contributed by atoms with van der Waals surface area (Å²) in [6.45, 7) is 1.80. The quantitative estimate of drug-likeness (QED) is 0.590. The van der Waals surface area contributed by atoms with Crippen LogP contribution in [0.15, 0.2) is 18.2 Å². The fourth-order valence-corrected chi connectivity index (χ4v) is 2.13. The van der Waals surface area contributed by atoms with E-state index in [1.807, 2.05) is 0 Å². The highest BCUT2D eigenvalue weighted by atomic mass is 19.4. The maximum atomic E-state index is 12.8. The van der Waals surface area contributed by atoms with Crippen molar-refractivity contribution in [3.05, 3.63) is 34.9 Å². The van der Waals surface area contributed by atoms with Crippen molar-refractivity contribution in [2.45, 2.75) is 44.6 Å². The minimum absolute atomic E-state index is 0.0777. The molecular formula is C16H17F6NO3. The minimum Gasteiger partial charge on any atom is -0.467 e. The summed E-state index contributed by atoms with van der Waals surface area (Å²) in [4.78, 5) is 23.8. The number of rotatable bonds is 6. The second-order valence-corrected chi connectivity index (χ2v) is 5.49. The van der Waals surface area contributed by atoms with Gasteiger partial charge in [0.05, 0.1) is 18.2 Å². The number of halogens is 6. The molecule has 0 radical (unpaired) electrons. The molecule has 0 fully saturated rings. The predicted molar refractivity (Wildman–Crippen MR) is 79.2 cm³/mol. The van der Waals surface area contributed by atoms with E-state index >= 15 is 0 Å². The van der Waals surface area contributed by atoms with Crippen molar-refractivity contribution in [3.63, 3.8) is 0 Å². The number of unbranched alkanes of at least 4 members (excludes halogenated alkanes) is 1. The summed E-state index contributed by atoms with van der Waals surface area (Å²) in [7, 11) is 1.06. The average Bonchev–Trinajstić information content (AvgIpc) is 2.55. The minimum atomic E-state index is -5.07. The van der Waals surface area contributed by atoms with E-state index in [1.165, 1.54) is 0 Å². The maximum absolute atomic E-state index is 12.8. The van der Waals surface area contributed by atoms with Crippen LogP contribution in [-0.2, 0) is 21.9 Å². The molecule has 26 heavy (non-hydrogen) atoms. The number of alkyl halides is 6. The van der Waals surface area contributed by atoms with Gasteiger partial charge in [0, 0.05) is 5.56 Å². The van der Waals surface area contributed by atoms with Crippen molar-refractivity contribution in [3.8, 4) is 0 Å². The molecule has 10 heteroatoms. The zero-order chi connectivity index (χ0) is 20.1. The van der Waals surface area contributed by atoms with Crippen LogP contribution in [0, 0.1) is 0 Å². The summed E-state index contributed by atoms with van der Waals surface area (Å²) < 4.78 is 81.5. The summed E-state index contributed by atoms with van der Waals surface area (Å²) >= 11 is 0. The lowest BCUT2D eigenvalue weighted by Gasteiger charge is -2.18. The van der Waals surface area contributed by atoms with Crippen LogP contribution in [0.25, 0.3) is 0 Å². The Morgan fingerprint density at radius 3 is 1.92 bits per heavy atom. The van der Waals surface area contributed by atoms with Crippen LogP contribution in [0.5, 0.6) is 0 Å². The van der Waals surface area contributed by atoms with Crippen molar-refractivity contribution in [2.75, 3.05) is 7.11 Å². The zero-order valence-corrected chi connectivity index (χ0v) is 13.9. The van der Waals surface area contributed by atoms with Crippen LogP contribution in [-0.4, -0.2) is 25.0 Å². The molecule has 0 saturated carbocycles. The molecule has 1 amide bonds. The van der Waals surface area contributed by atoms with E-state index in [0.717, 1.165) is 7.11 Å². The fourth-order valence-electron chi connectivity index (χ4n) is 2.13. The highest BCUT2D eigenvalue weighted by molar-refractivity contribution is 5.97. The van der Waals surface area contributed by atoms with E-state index in [-0.39, 0.29) is 12.5 Å². The molecule has 0 aliphatic heterocycles. The molecule has 0 aliphatic rings. The monoisotopic (exact) mass is 385 g/mol. The second kappa shape index (κ2) is 8.41. The van der Waals surface area contributed by atoms with Gasteiger partial charge in [0.1, 0.15) is 6.04 Å². The number of ether oxygens (including phenoxy) is 1. The molecule has 0 aromatic heterocycles. The third kappa shape index (κ3) is 5.92. The summed E-state index contributed by atoms with van der Waals surface area (Å²) in [5, 5.41) is 2.13. The van der Waals surface area contributed by atoms with Crippen LogP contribution in [0.1, 0.15) is 47.7 Å². The Hall–Kier alpha value is -2.26. The van der Waals surface area contributed by atoms with Crippen LogP contribution in [0.2, 0.25) is 0 Å². The van der Waals surface area contributed by atoms with E-state index in [1.54, 1.807) is 6.92 Å². The van der Waals surface area contributed by atoms with Crippen molar-refractivity contribution >= 4 is 11.9 Å². The summed E-state index contributed by atoms with van der Waals surface area (Å²) in [6.07, 6.45) is -8.85. The van der Waals surface area contributed by atoms with Gasteiger partial charge in [-0.15, -0.1) is 0 Å². The SMILES string of the molecule is CCCC[C@H](NC(=O)c1cc(C(F)(F)F)cc(C(F)(F)F)c1)C(=O)OC. The molecule has 1 atom stereocenters. The van der Waals surface area contributed by atoms with Gasteiger partial charge in [-0.1, -0.05) is 19.8 Å². The molecule has 0 spiro atoms. The summed E-state index contributed by atoms with van der Waals surface area (Å²) in [6, 6.07) is -0.639. The van der Waals surface area contributed by atoms with Crippen molar-refractivity contribution in [1.82, 2.24) is 5.32 Å². The number of benzene rings is 1. The Bertz CT molecular complexity index is 622. The predicted octanol–water partition coefficient (Wildman–Crippen LogP) is 4.19. The molecule has 0 unspecified atom stereocenters. The first-order valence-electron chi connectivity index (χ1n) is 7.58. The van der Waals surface area contributed by atoms with Gasteiger partial charge >= 0.3 is 18.3 Å². The molecule has 1 N–H and O–H groups in total. The number of carbonyl (C=O) groups excluding carboxylic acids is 2. The van der Waals surface area contributed by atoms with Gasteiger partial charge in [-0.05, 0) is 24.6 Å². The smallest absolute Gasteiger partial charge is 0.416 e. The Balaban J connectivity index is 3.22. The molecule has 146 valence electrons.